The minimum absolute atomic E-state index is 0.408. The van der Waals surface area contributed by atoms with E-state index in [1.165, 1.54) is 0 Å². The van der Waals surface area contributed by atoms with Crippen molar-refractivity contribution in [2.45, 2.75) is 0 Å². The van der Waals surface area contributed by atoms with E-state index in [4.69, 9.17) is 9.05 Å². The average molecular weight is 195 g/mol. The second-order valence-electron chi connectivity index (χ2n) is 2.10. The van der Waals surface area contributed by atoms with E-state index in [0.29, 0.717) is 26.3 Å². The van der Waals surface area contributed by atoms with Gasteiger partial charge < -0.3 is 10.6 Å². The van der Waals surface area contributed by atoms with Crippen LogP contribution in [-0.2, 0) is 13.6 Å². The van der Waals surface area contributed by atoms with Crippen LogP contribution in [0.5, 0.6) is 0 Å². The van der Waals surface area contributed by atoms with E-state index in [2.05, 4.69) is 10.6 Å². The van der Waals surface area contributed by atoms with Crippen LogP contribution in [0.2, 0.25) is 0 Å². The Kier molecular flexibility index (Phi) is 8.99. The first kappa shape index (κ1) is 11.9. The molecule has 0 aromatic heterocycles. The molecule has 0 aliphatic heterocycles. The smallest absolute Gasteiger partial charge is 0.317 e. The molecule has 5 nitrogen and oxygen atoms in total. The van der Waals surface area contributed by atoms with Crippen molar-refractivity contribution in [3.63, 3.8) is 0 Å². The van der Waals surface area contributed by atoms with Crippen LogP contribution in [0.15, 0.2) is 0 Å². The second kappa shape index (κ2) is 9.03. The van der Waals surface area contributed by atoms with Gasteiger partial charge in [0.1, 0.15) is 13.2 Å². The molecule has 0 saturated carbocycles. The summed E-state index contributed by atoms with van der Waals surface area (Å²) < 4.78 is 20.5. The van der Waals surface area contributed by atoms with Crippen LogP contribution in [0.25, 0.3) is 0 Å². The molecular formula is C6H16N2O3P+. The standard InChI is InChI=1S/C6H16N2O3P/c1-7-3-5-10-12(9)11-6-4-8-2/h7-8H,3-6H2,1-2H3/q+1. The Labute approximate surface area is 73.8 Å². The van der Waals surface area contributed by atoms with Crippen LogP contribution in [0.4, 0.5) is 0 Å². The normalized spacial score (nSPS) is 10.2. The van der Waals surface area contributed by atoms with E-state index in [9.17, 15) is 4.57 Å². The summed E-state index contributed by atoms with van der Waals surface area (Å²) in [7, 11) is 1.67. The summed E-state index contributed by atoms with van der Waals surface area (Å²) >= 11 is 0. The van der Waals surface area contributed by atoms with Crippen molar-refractivity contribution in [3.05, 3.63) is 0 Å². The summed E-state index contributed by atoms with van der Waals surface area (Å²) in [5, 5.41) is 5.74. The molecule has 0 spiro atoms. The van der Waals surface area contributed by atoms with Crippen LogP contribution in [0, 0.1) is 0 Å². The molecule has 0 atom stereocenters. The zero-order valence-electron chi connectivity index (χ0n) is 7.50. The Morgan fingerprint density at radius 2 is 1.50 bits per heavy atom. The maximum absolute atomic E-state index is 10.8. The third kappa shape index (κ3) is 8.04. The first-order chi connectivity index (χ1) is 5.81. The van der Waals surface area contributed by atoms with Crippen LogP contribution >= 0.6 is 8.25 Å². The molecule has 0 unspecified atom stereocenters. The van der Waals surface area contributed by atoms with E-state index in [1.54, 1.807) is 14.1 Å². The second-order valence-corrected chi connectivity index (χ2v) is 3.06. The van der Waals surface area contributed by atoms with Crippen molar-refractivity contribution in [2.75, 3.05) is 40.4 Å². The molecule has 6 heteroatoms. The molecule has 72 valence electrons. The van der Waals surface area contributed by atoms with Gasteiger partial charge in [-0.1, -0.05) is 0 Å². The zero-order valence-corrected chi connectivity index (χ0v) is 8.39. The van der Waals surface area contributed by atoms with Crippen molar-refractivity contribution in [3.8, 4) is 0 Å². The average Bonchev–Trinajstić information content (AvgIpc) is 2.06. The Bertz CT molecular complexity index is 111. The van der Waals surface area contributed by atoms with Gasteiger partial charge in [-0.15, -0.1) is 9.05 Å². The molecule has 12 heavy (non-hydrogen) atoms. The minimum atomic E-state index is -1.93. The van der Waals surface area contributed by atoms with Crippen molar-refractivity contribution in [1.29, 1.82) is 0 Å². The highest BCUT2D eigenvalue weighted by molar-refractivity contribution is 7.33. The Hall–Kier alpha value is -0.0600. The van der Waals surface area contributed by atoms with Gasteiger partial charge in [-0.05, 0) is 14.1 Å². The molecule has 0 saturated heterocycles. The predicted octanol–water partition coefficient (Wildman–Crippen LogP) is 0.116. The van der Waals surface area contributed by atoms with Crippen LogP contribution in [0.3, 0.4) is 0 Å². The SMILES string of the molecule is CNCCO[P+](=O)OCCNC. The van der Waals surface area contributed by atoms with Crippen LogP contribution in [-0.4, -0.2) is 40.4 Å². The van der Waals surface area contributed by atoms with E-state index in [1.807, 2.05) is 0 Å². The maximum Gasteiger partial charge on any atom is 0.697 e. The van der Waals surface area contributed by atoms with Crippen molar-refractivity contribution in [2.24, 2.45) is 0 Å². The van der Waals surface area contributed by atoms with Crippen LogP contribution < -0.4 is 10.6 Å². The summed E-state index contributed by atoms with van der Waals surface area (Å²) in [5.41, 5.74) is 0. The van der Waals surface area contributed by atoms with E-state index < -0.39 is 8.25 Å². The highest BCUT2D eigenvalue weighted by atomic mass is 31.1. The monoisotopic (exact) mass is 195 g/mol. The summed E-state index contributed by atoms with van der Waals surface area (Å²) in [5.74, 6) is 0. The zero-order chi connectivity index (χ0) is 9.23. The molecular weight excluding hydrogens is 179 g/mol. The first-order valence-electron chi connectivity index (χ1n) is 3.83. The molecule has 0 radical (unpaired) electrons. The molecule has 0 bridgehead atoms. The third-order valence-electron chi connectivity index (χ3n) is 1.10. The van der Waals surface area contributed by atoms with Gasteiger partial charge in [-0.25, -0.2) is 0 Å². The molecule has 0 aromatic carbocycles. The summed E-state index contributed by atoms with van der Waals surface area (Å²) in [6, 6.07) is 0. The highest BCUT2D eigenvalue weighted by Gasteiger charge is 2.18. The molecule has 0 rings (SSSR count). The lowest BCUT2D eigenvalue weighted by Gasteiger charge is -1.92. The van der Waals surface area contributed by atoms with E-state index in [-0.39, 0.29) is 0 Å². The molecule has 0 aliphatic carbocycles. The van der Waals surface area contributed by atoms with Gasteiger partial charge >= 0.3 is 8.25 Å². The molecule has 0 heterocycles. The van der Waals surface area contributed by atoms with Crippen molar-refractivity contribution >= 4 is 8.25 Å². The lowest BCUT2D eigenvalue weighted by atomic mass is 10.7. The van der Waals surface area contributed by atoms with Gasteiger partial charge in [-0.2, -0.15) is 0 Å². The largest absolute Gasteiger partial charge is 0.697 e. The van der Waals surface area contributed by atoms with Crippen molar-refractivity contribution in [1.82, 2.24) is 10.6 Å². The summed E-state index contributed by atoms with van der Waals surface area (Å²) in [4.78, 5) is 0. The quantitative estimate of drug-likeness (QED) is 0.425. The van der Waals surface area contributed by atoms with Gasteiger partial charge in [-0.3, -0.25) is 0 Å². The maximum atomic E-state index is 10.8. The fraction of sp³-hybridized carbons (Fsp3) is 1.00. The van der Waals surface area contributed by atoms with Gasteiger partial charge in [0, 0.05) is 17.7 Å². The first-order valence-corrected chi connectivity index (χ1v) is 4.93. The summed E-state index contributed by atoms with van der Waals surface area (Å²) in [6.07, 6.45) is 0. The number of likely N-dealkylation sites (N-methyl/N-ethyl adjacent to an activating group) is 2. The van der Waals surface area contributed by atoms with E-state index in [0.717, 1.165) is 0 Å². The van der Waals surface area contributed by atoms with Gasteiger partial charge in [0.15, 0.2) is 0 Å². The fourth-order valence-electron chi connectivity index (χ4n) is 0.482. The van der Waals surface area contributed by atoms with Gasteiger partial charge in [0.05, 0.1) is 0 Å². The number of hydrogen-bond donors (Lipinski definition) is 2. The van der Waals surface area contributed by atoms with Crippen molar-refractivity contribution < 1.29 is 13.6 Å². The van der Waals surface area contributed by atoms with Gasteiger partial charge in [0.2, 0.25) is 0 Å². The minimum Gasteiger partial charge on any atom is -0.317 e. The molecule has 0 aliphatic rings. The predicted molar refractivity (Wildman–Crippen MR) is 47.4 cm³/mol. The lowest BCUT2D eigenvalue weighted by Crippen LogP contribution is -2.14. The molecule has 0 aromatic rings. The summed E-state index contributed by atoms with van der Waals surface area (Å²) in [6.45, 7) is 2.17. The number of hydrogen-bond acceptors (Lipinski definition) is 5. The number of rotatable bonds is 8. The topological polar surface area (TPSA) is 59.6 Å². The fourth-order valence-corrected chi connectivity index (χ4v) is 1.04. The molecule has 0 amide bonds. The molecule has 2 N–H and O–H groups in total. The van der Waals surface area contributed by atoms with E-state index >= 15 is 0 Å². The highest BCUT2D eigenvalue weighted by Crippen LogP contribution is 2.22. The third-order valence-corrected chi connectivity index (χ3v) is 1.88. The Balaban J connectivity index is 3.10. The van der Waals surface area contributed by atoms with Gasteiger partial charge in [0.25, 0.3) is 0 Å². The Morgan fingerprint density at radius 3 is 1.83 bits per heavy atom. The lowest BCUT2D eigenvalue weighted by molar-refractivity contribution is 0.228. The van der Waals surface area contributed by atoms with Crippen LogP contribution in [0.1, 0.15) is 0 Å². The number of nitrogens with one attached hydrogen (secondary N) is 2. The molecule has 0 fully saturated rings. The Morgan fingerprint density at radius 1 is 1.08 bits per heavy atom.